The van der Waals surface area contributed by atoms with Gasteiger partial charge >= 0.3 is 6.18 Å². The van der Waals surface area contributed by atoms with Crippen molar-refractivity contribution in [1.29, 1.82) is 0 Å². The number of aromatic nitrogens is 2. The van der Waals surface area contributed by atoms with E-state index in [-0.39, 0.29) is 5.69 Å². The quantitative estimate of drug-likeness (QED) is 0.641. The maximum atomic E-state index is 12.4. The van der Waals surface area contributed by atoms with Gasteiger partial charge in [0.15, 0.2) is 0 Å². The Kier molecular flexibility index (Phi) is 1.67. The molecular weight excluding hydrogens is 195 g/mol. The van der Waals surface area contributed by atoms with Crippen LogP contribution in [0.4, 0.5) is 18.9 Å². The third-order valence-corrected chi connectivity index (χ3v) is 1.90. The summed E-state index contributed by atoms with van der Waals surface area (Å²) < 4.78 is 37.1. The van der Waals surface area contributed by atoms with E-state index < -0.39 is 11.7 Å². The van der Waals surface area contributed by atoms with Crippen LogP contribution in [0.5, 0.6) is 0 Å². The van der Waals surface area contributed by atoms with Crippen molar-refractivity contribution < 1.29 is 13.2 Å². The Balaban J connectivity index is 2.71. The minimum atomic E-state index is -4.43. The number of alkyl halides is 3. The van der Waals surface area contributed by atoms with Crippen LogP contribution >= 0.6 is 0 Å². The average molecular weight is 201 g/mol. The fourth-order valence-electron chi connectivity index (χ4n) is 1.24. The number of nitrogen functional groups attached to an aromatic ring is 1. The monoisotopic (exact) mass is 201 g/mol. The highest BCUT2D eigenvalue weighted by molar-refractivity contribution is 5.80. The molecule has 6 heteroatoms. The van der Waals surface area contributed by atoms with Crippen molar-refractivity contribution in [1.82, 2.24) is 9.97 Å². The lowest BCUT2D eigenvalue weighted by Crippen LogP contribution is -2.08. The molecule has 0 unspecified atom stereocenters. The summed E-state index contributed by atoms with van der Waals surface area (Å²) in [5, 5.41) is 0. The van der Waals surface area contributed by atoms with Crippen LogP contribution in [0.25, 0.3) is 11.0 Å². The van der Waals surface area contributed by atoms with Gasteiger partial charge in [-0.15, -0.1) is 0 Å². The molecule has 0 amide bonds. The van der Waals surface area contributed by atoms with Gasteiger partial charge in [-0.05, 0) is 12.1 Å². The standard InChI is InChI=1S/C8H6F3N3/c9-8(10,11)4-1-6-7(2-5(4)12)14-3-13-6/h1-3H,12H2,(H,13,14). The van der Waals surface area contributed by atoms with E-state index in [0.29, 0.717) is 11.0 Å². The molecule has 2 aromatic rings. The number of hydrogen-bond donors (Lipinski definition) is 2. The third-order valence-electron chi connectivity index (χ3n) is 1.90. The van der Waals surface area contributed by atoms with Gasteiger partial charge in [0.05, 0.1) is 22.9 Å². The van der Waals surface area contributed by atoms with Crippen LogP contribution in [-0.4, -0.2) is 9.97 Å². The molecule has 14 heavy (non-hydrogen) atoms. The van der Waals surface area contributed by atoms with Crippen LogP contribution in [0.15, 0.2) is 18.5 Å². The number of benzene rings is 1. The zero-order valence-electron chi connectivity index (χ0n) is 6.89. The summed E-state index contributed by atoms with van der Waals surface area (Å²) in [6, 6.07) is 2.16. The van der Waals surface area contributed by atoms with E-state index in [9.17, 15) is 13.2 Å². The first-order chi connectivity index (χ1) is 6.48. The molecule has 0 aliphatic heterocycles. The highest BCUT2D eigenvalue weighted by Gasteiger charge is 2.33. The van der Waals surface area contributed by atoms with Crippen molar-refractivity contribution in [3.63, 3.8) is 0 Å². The maximum Gasteiger partial charge on any atom is 0.418 e. The van der Waals surface area contributed by atoms with Crippen molar-refractivity contribution in [2.45, 2.75) is 6.18 Å². The van der Waals surface area contributed by atoms with E-state index in [1.165, 1.54) is 12.4 Å². The minimum Gasteiger partial charge on any atom is -0.398 e. The molecule has 0 saturated heterocycles. The van der Waals surface area contributed by atoms with E-state index >= 15 is 0 Å². The van der Waals surface area contributed by atoms with Gasteiger partial charge in [0.2, 0.25) is 0 Å². The van der Waals surface area contributed by atoms with Crippen molar-refractivity contribution >= 4 is 16.7 Å². The number of H-pyrrole nitrogens is 1. The van der Waals surface area contributed by atoms with Crippen LogP contribution < -0.4 is 5.73 Å². The van der Waals surface area contributed by atoms with Crippen molar-refractivity contribution in [3.05, 3.63) is 24.0 Å². The Hall–Kier alpha value is -1.72. The Morgan fingerprint density at radius 2 is 2.00 bits per heavy atom. The number of imidazole rings is 1. The lowest BCUT2D eigenvalue weighted by Gasteiger charge is -2.09. The summed E-state index contributed by atoms with van der Waals surface area (Å²) >= 11 is 0. The zero-order valence-corrected chi connectivity index (χ0v) is 6.89. The van der Waals surface area contributed by atoms with Gasteiger partial charge in [-0.25, -0.2) is 4.98 Å². The molecule has 0 atom stereocenters. The number of fused-ring (bicyclic) bond motifs is 1. The summed E-state index contributed by atoms with van der Waals surface area (Å²) in [6.45, 7) is 0. The summed E-state index contributed by atoms with van der Waals surface area (Å²) in [6.07, 6.45) is -3.10. The summed E-state index contributed by atoms with van der Waals surface area (Å²) in [5.74, 6) is 0. The first kappa shape index (κ1) is 8.86. The second kappa shape index (κ2) is 2.63. The van der Waals surface area contributed by atoms with Gasteiger partial charge < -0.3 is 10.7 Å². The number of nitrogens with two attached hydrogens (primary N) is 1. The lowest BCUT2D eigenvalue weighted by molar-refractivity contribution is -0.136. The fourth-order valence-corrected chi connectivity index (χ4v) is 1.24. The molecule has 1 aromatic heterocycles. The molecule has 0 radical (unpaired) electrons. The van der Waals surface area contributed by atoms with Crippen molar-refractivity contribution in [2.75, 3.05) is 5.73 Å². The average Bonchev–Trinajstić information content (AvgIpc) is 2.47. The molecule has 0 spiro atoms. The number of aromatic amines is 1. The molecule has 0 aliphatic rings. The van der Waals surface area contributed by atoms with Crippen LogP contribution in [0, 0.1) is 0 Å². The number of hydrogen-bond acceptors (Lipinski definition) is 2. The Morgan fingerprint density at radius 3 is 2.64 bits per heavy atom. The van der Waals surface area contributed by atoms with E-state index in [1.54, 1.807) is 0 Å². The molecule has 0 bridgehead atoms. The van der Waals surface area contributed by atoms with Crippen LogP contribution in [-0.2, 0) is 6.18 Å². The van der Waals surface area contributed by atoms with Crippen molar-refractivity contribution in [2.24, 2.45) is 0 Å². The summed E-state index contributed by atoms with van der Waals surface area (Å²) in [4.78, 5) is 6.39. The third kappa shape index (κ3) is 1.28. The molecule has 2 rings (SSSR count). The molecule has 0 saturated carbocycles. The fraction of sp³-hybridized carbons (Fsp3) is 0.125. The highest BCUT2D eigenvalue weighted by Crippen LogP contribution is 2.35. The number of nitrogens with zero attached hydrogens (tertiary/aromatic N) is 1. The predicted octanol–water partition coefficient (Wildman–Crippen LogP) is 2.16. The number of nitrogens with one attached hydrogen (secondary N) is 1. The van der Waals surface area contributed by atoms with E-state index in [4.69, 9.17) is 5.73 Å². The van der Waals surface area contributed by atoms with Crippen LogP contribution in [0.2, 0.25) is 0 Å². The van der Waals surface area contributed by atoms with Crippen LogP contribution in [0.1, 0.15) is 5.56 Å². The maximum absolute atomic E-state index is 12.4. The van der Waals surface area contributed by atoms with E-state index in [2.05, 4.69) is 9.97 Å². The largest absolute Gasteiger partial charge is 0.418 e. The first-order valence-corrected chi connectivity index (χ1v) is 3.78. The summed E-state index contributed by atoms with van der Waals surface area (Å²) in [5.41, 5.74) is 4.86. The number of anilines is 1. The van der Waals surface area contributed by atoms with E-state index in [0.717, 1.165) is 6.07 Å². The zero-order chi connectivity index (χ0) is 10.3. The van der Waals surface area contributed by atoms with Gasteiger partial charge in [0, 0.05) is 5.69 Å². The topological polar surface area (TPSA) is 54.7 Å². The molecule has 0 fully saturated rings. The first-order valence-electron chi connectivity index (χ1n) is 3.78. The number of halogens is 3. The van der Waals surface area contributed by atoms with Crippen molar-refractivity contribution in [3.8, 4) is 0 Å². The summed E-state index contributed by atoms with van der Waals surface area (Å²) in [7, 11) is 0. The molecule has 1 heterocycles. The molecule has 74 valence electrons. The van der Waals surface area contributed by atoms with Gasteiger partial charge in [-0.3, -0.25) is 0 Å². The minimum absolute atomic E-state index is 0.308. The molecule has 3 N–H and O–H groups in total. The van der Waals surface area contributed by atoms with Gasteiger partial charge in [-0.1, -0.05) is 0 Å². The second-order valence-corrected chi connectivity index (χ2v) is 2.86. The SMILES string of the molecule is Nc1cc2nc[nH]c2cc1C(F)(F)F. The highest BCUT2D eigenvalue weighted by atomic mass is 19.4. The molecule has 3 nitrogen and oxygen atoms in total. The predicted molar refractivity (Wildman–Crippen MR) is 45.5 cm³/mol. The molecule has 1 aromatic carbocycles. The second-order valence-electron chi connectivity index (χ2n) is 2.86. The Labute approximate surface area is 76.7 Å². The van der Waals surface area contributed by atoms with Gasteiger partial charge in [-0.2, -0.15) is 13.2 Å². The number of rotatable bonds is 0. The normalized spacial score (nSPS) is 12.2. The lowest BCUT2D eigenvalue weighted by atomic mass is 10.1. The molecule has 0 aliphatic carbocycles. The van der Waals surface area contributed by atoms with Gasteiger partial charge in [0.1, 0.15) is 0 Å². The van der Waals surface area contributed by atoms with Crippen LogP contribution in [0.3, 0.4) is 0 Å². The smallest absolute Gasteiger partial charge is 0.398 e. The molecular formula is C8H6F3N3. The van der Waals surface area contributed by atoms with E-state index in [1.807, 2.05) is 0 Å². The Bertz CT molecular complexity index is 472. The van der Waals surface area contributed by atoms with Gasteiger partial charge in [0.25, 0.3) is 0 Å². The Morgan fingerprint density at radius 1 is 1.29 bits per heavy atom.